The predicted molar refractivity (Wildman–Crippen MR) is 112 cm³/mol. The van der Waals surface area contributed by atoms with Crippen LogP contribution in [0, 0.1) is 17.3 Å². The van der Waals surface area contributed by atoms with Gasteiger partial charge in [-0.25, -0.2) is 0 Å². The number of rotatable bonds is 8. The van der Waals surface area contributed by atoms with Gasteiger partial charge in [0, 0.05) is 5.56 Å². The predicted octanol–water partition coefficient (Wildman–Crippen LogP) is 5.37. The van der Waals surface area contributed by atoms with E-state index in [-0.39, 0.29) is 6.61 Å². The fourth-order valence-corrected chi connectivity index (χ4v) is 2.76. The minimum absolute atomic E-state index is 0.268. The Morgan fingerprint density at radius 2 is 1.70 bits per heavy atom. The van der Waals surface area contributed by atoms with Crippen LogP contribution in [0.15, 0.2) is 72.3 Å². The summed E-state index contributed by atoms with van der Waals surface area (Å²) in [6.45, 7) is 6.97. The van der Waals surface area contributed by atoms with Crippen LogP contribution in [0.1, 0.15) is 44.7 Å². The highest BCUT2D eigenvalue weighted by molar-refractivity contribution is 5.35. The van der Waals surface area contributed by atoms with E-state index in [0.29, 0.717) is 6.61 Å². The van der Waals surface area contributed by atoms with Crippen LogP contribution in [0.2, 0.25) is 0 Å². The van der Waals surface area contributed by atoms with Gasteiger partial charge in [-0.15, -0.1) is 0 Å². The molecule has 2 rings (SSSR count). The Bertz CT molecular complexity index is 764. The number of hydrogen-bond acceptors (Lipinski definition) is 2. The van der Waals surface area contributed by atoms with Gasteiger partial charge in [0.25, 0.3) is 0 Å². The van der Waals surface area contributed by atoms with Gasteiger partial charge in [-0.2, -0.15) is 0 Å². The topological polar surface area (TPSA) is 29.5 Å². The van der Waals surface area contributed by atoms with Gasteiger partial charge in [-0.05, 0) is 51.3 Å². The average Bonchev–Trinajstić information content (AvgIpc) is 2.67. The molecular weight excluding hydrogens is 332 g/mol. The third-order valence-corrected chi connectivity index (χ3v) is 4.61. The van der Waals surface area contributed by atoms with E-state index in [9.17, 15) is 5.11 Å². The quantitative estimate of drug-likeness (QED) is 0.505. The highest BCUT2D eigenvalue weighted by atomic mass is 16.5. The van der Waals surface area contributed by atoms with Gasteiger partial charge in [0.05, 0.1) is 24.7 Å². The number of aliphatic hydroxyl groups is 1. The maximum Gasteiger partial charge on any atom is 0.0936 e. The summed E-state index contributed by atoms with van der Waals surface area (Å²) in [6.07, 6.45) is 3.22. The zero-order chi connectivity index (χ0) is 19.5. The Morgan fingerprint density at radius 1 is 1.07 bits per heavy atom. The third-order valence-electron chi connectivity index (χ3n) is 4.61. The molecule has 2 atom stereocenters. The molecule has 0 spiro atoms. The number of aliphatic hydroxyl groups excluding tert-OH is 1. The number of hydrogen-bond donors (Lipinski definition) is 1. The van der Waals surface area contributed by atoms with Crippen LogP contribution < -0.4 is 0 Å². The van der Waals surface area contributed by atoms with Crippen molar-refractivity contribution in [1.82, 2.24) is 0 Å². The second-order valence-corrected chi connectivity index (χ2v) is 7.37. The van der Waals surface area contributed by atoms with E-state index < -0.39 is 11.5 Å². The molecule has 0 heterocycles. The van der Waals surface area contributed by atoms with E-state index in [4.69, 9.17) is 4.74 Å². The monoisotopic (exact) mass is 362 g/mol. The number of ether oxygens (including phenoxy) is 1. The lowest BCUT2D eigenvalue weighted by atomic mass is 9.80. The Hall–Kier alpha value is -2.34. The molecule has 0 fully saturated rings. The molecule has 0 saturated heterocycles. The molecule has 0 radical (unpaired) electrons. The summed E-state index contributed by atoms with van der Waals surface area (Å²) < 4.78 is 5.77. The van der Waals surface area contributed by atoms with Crippen molar-refractivity contribution in [3.05, 3.63) is 83.4 Å². The van der Waals surface area contributed by atoms with Crippen molar-refractivity contribution in [3.63, 3.8) is 0 Å². The summed E-state index contributed by atoms with van der Waals surface area (Å²) in [6, 6.07) is 19.9. The molecular formula is C25H30O2. The van der Waals surface area contributed by atoms with Crippen LogP contribution in [-0.4, -0.2) is 17.8 Å². The first-order valence-corrected chi connectivity index (χ1v) is 9.51. The first-order valence-electron chi connectivity index (χ1n) is 9.51. The molecule has 142 valence electrons. The molecule has 0 amide bonds. The molecule has 0 bridgehead atoms. The minimum Gasteiger partial charge on any atom is -0.389 e. The van der Waals surface area contributed by atoms with Gasteiger partial charge in [0.2, 0.25) is 0 Å². The van der Waals surface area contributed by atoms with E-state index in [2.05, 4.69) is 31.8 Å². The van der Waals surface area contributed by atoms with E-state index >= 15 is 0 Å². The zero-order valence-electron chi connectivity index (χ0n) is 16.6. The Kier molecular flexibility index (Phi) is 8.33. The Balaban J connectivity index is 2.05. The van der Waals surface area contributed by atoms with Crippen molar-refractivity contribution >= 4 is 0 Å². The molecule has 1 N–H and O–H groups in total. The van der Waals surface area contributed by atoms with Crippen LogP contribution in [0.4, 0.5) is 0 Å². The molecule has 0 aliphatic heterocycles. The Morgan fingerprint density at radius 3 is 2.33 bits per heavy atom. The smallest absolute Gasteiger partial charge is 0.0936 e. The summed E-state index contributed by atoms with van der Waals surface area (Å²) in [4.78, 5) is 0. The normalized spacial score (nSPS) is 13.8. The average molecular weight is 363 g/mol. The van der Waals surface area contributed by atoms with E-state index in [0.717, 1.165) is 24.0 Å². The highest BCUT2D eigenvalue weighted by Gasteiger charge is 2.30. The first-order chi connectivity index (χ1) is 13.0. The SMILES string of the molecule is CC(C)=CCC[C@@](C)(C#Cc1ccccc1)[C@@H](O)COCc1ccccc1. The second-order valence-electron chi connectivity index (χ2n) is 7.37. The van der Waals surface area contributed by atoms with Crippen LogP contribution in [0.25, 0.3) is 0 Å². The van der Waals surface area contributed by atoms with Gasteiger partial charge >= 0.3 is 0 Å². The third kappa shape index (κ3) is 7.43. The molecule has 0 unspecified atom stereocenters. The maximum atomic E-state index is 10.8. The van der Waals surface area contributed by atoms with Crippen LogP contribution >= 0.6 is 0 Å². The molecule has 2 nitrogen and oxygen atoms in total. The lowest BCUT2D eigenvalue weighted by Crippen LogP contribution is -2.35. The van der Waals surface area contributed by atoms with Crippen LogP contribution in [-0.2, 0) is 11.3 Å². The lowest BCUT2D eigenvalue weighted by molar-refractivity contribution is -0.0209. The largest absolute Gasteiger partial charge is 0.389 e. The van der Waals surface area contributed by atoms with Crippen LogP contribution in [0.5, 0.6) is 0 Å². The van der Waals surface area contributed by atoms with Crippen molar-refractivity contribution in [2.45, 2.75) is 46.3 Å². The van der Waals surface area contributed by atoms with Crippen molar-refractivity contribution in [1.29, 1.82) is 0 Å². The second kappa shape index (κ2) is 10.7. The van der Waals surface area contributed by atoms with Gasteiger partial charge in [0.1, 0.15) is 0 Å². The van der Waals surface area contributed by atoms with Crippen LogP contribution in [0.3, 0.4) is 0 Å². The van der Waals surface area contributed by atoms with Gasteiger partial charge in [-0.1, -0.05) is 72.0 Å². The number of allylic oxidation sites excluding steroid dienone is 2. The zero-order valence-corrected chi connectivity index (χ0v) is 16.6. The molecule has 2 heteroatoms. The molecule has 0 saturated carbocycles. The maximum absolute atomic E-state index is 10.8. The fraction of sp³-hybridized carbons (Fsp3) is 0.360. The summed E-state index contributed by atoms with van der Waals surface area (Å²) >= 11 is 0. The molecule has 2 aromatic carbocycles. The highest BCUT2D eigenvalue weighted by Crippen LogP contribution is 2.28. The van der Waals surface area contributed by atoms with E-state index in [1.54, 1.807) is 0 Å². The van der Waals surface area contributed by atoms with Crippen molar-refractivity contribution < 1.29 is 9.84 Å². The number of benzene rings is 2. The van der Waals surface area contributed by atoms with Gasteiger partial charge in [-0.3, -0.25) is 0 Å². The van der Waals surface area contributed by atoms with E-state index in [1.807, 2.05) is 67.6 Å². The van der Waals surface area contributed by atoms with E-state index in [1.165, 1.54) is 5.57 Å². The summed E-state index contributed by atoms with van der Waals surface area (Å²) in [5.41, 5.74) is 2.82. The molecule has 2 aromatic rings. The Labute approximate surface area is 163 Å². The van der Waals surface area contributed by atoms with Crippen molar-refractivity contribution in [2.24, 2.45) is 5.41 Å². The standard InChI is InChI=1S/C25H30O2/c1-21(2)11-10-17-25(3,18-16-22-12-6-4-7-13-22)24(26)20-27-19-23-14-8-5-9-15-23/h4-9,11-15,24,26H,10,17,19-20H2,1-3H3/t24-,25-/m0/s1. The molecule has 27 heavy (non-hydrogen) atoms. The van der Waals surface area contributed by atoms with Crippen molar-refractivity contribution in [2.75, 3.05) is 6.61 Å². The van der Waals surface area contributed by atoms with Crippen molar-refractivity contribution in [3.8, 4) is 11.8 Å². The summed E-state index contributed by atoms with van der Waals surface area (Å²) in [5.74, 6) is 6.55. The molecule has 0 aliphatic rings. The lowest BCUT2D eigenvalue weighted by Gasteiger charge is -2.29. The van der Waals surface area contributed by atoms with Gasteiger partial charge in [0.15, 0.2) is 0 Å². The first kappa shape index (κ1) is 21.0. The van der Waals surface area contributed by atoms with Gasteiger partial charge < -0.3 is 9.84 Å². The molecule has 0 aromatic heterocycles. The fourth-order valence-electron chi connectivity index (χ4n) is 2.76. The minimum atomic E-state index is -0.650. The summed E-state index contributed by atoms with van der Waals surface area (Å²) in [5, 5.41) is 10.8. The molecule has 0 aliphatic carbocycles. The summed E-state index contributed by atoms with van der Waals surface area (Å²) in [7, 11) is 0.